The summed E-state index contributed by atoms with van der Waals surface area (Å²) in [6.45, 7) is 2.75. The van der Waals surface area contributed by atoms with Gasteiger partial charge in [-0.2, -0.15) is 0 Å². The number of benzene rings is 1. The molecule has 5 unspecified atom stereocenters. The van der Waals surface area contributed by atoms with E-state index in [4.69, 9.17) is 21.1 Å². The monoisotopic (exact) mass is 491 g/mol. The summed E-state index contributed by atoms with van der Waals surface area (Å²) in [5, 5.41) is 4.22. The first-order valence-electron chi connectivity index (χ1n) is 9.09. The van der Waals surface area contributed by atoms with Gasteiger partial charge in [-0.3, -0.25) is 4.99 Å². The number of hydrogen-bond donors (Lipinski definition) is 1. The van der Waals surface area contributed by atoms with E-state index in [1.165, 1.54) is 12.8 Å². The second-order valence-electron chi connectivity index (χ2n) is 7.23. The number of nitrogens with one attached hydrogen (secondary N) is 1. The van der Waals surface area contributed by atoms with Gasteiger partial charge in [-0.15, -0.1) is 24.0 Å². The van der Waals surface area contributed by atoms with Gasteiger partial charge in [-0.1, -0.05) is 23.7 Å². The minimum absolute atomic E-state index is 0. The Labute approximate surface area is 177 Å². The molecule has 5 nitrogen and oxygen atoms in total. The van der Waals surface area contributed by atoms with E-state index in [0.717, 1.165) is 29.6 Å². The van der Waals surface area contributed by atoms with Crippen molar-refractivity contribution in [3.63, 3.8) is 0 Å². The number of rotatable bonds is 4. The number of guanidine groups is 1. The van der Waals surface area contributed by atoms with Crippen molar-refractivity contribution in [2.45, 2.75) is 31.2 Å². The molecule has 7 heteroatoms. The van der Waals surface area contributed by atoms with Crippen LogP contribution in [0.25, 0.3) is 0 Å². The Bertz CT molecular complexity index is 641. The quantitative estimate of drug-likeness (QED) is 0.399. The van der Waals surface area contributed by atoms with Crippen LogP contribution in [-0.4, -0.2) is 56.9 Å². The van der Waals surface area contributed by atoms with Crippen LogP contribution < -0.4 is 5.32 Å². The van der Waals surface area contributed by atoms with Crippen LogP contribution in [0.2, 0.25) is 5.02 Å². The Kier molecular flexibility index (Phi) is 6.69. The number of methoxy groups -OCH3 is 1. The SMILES string of the molecule is CN=C(NCC(OC)c1cccc(Cl)c1)N1CC2C3CCC(O3)C2C1.I. The Morgan fingerprint density at radius 1 is 1.35 bits per heavy atom. The first kappa shape index (κ1) is 20.2. The van der Waals surface area contributed by atoms with Gasteiger partial charge < -0.3 is 19.7 Å². The van der Waals surface area contributed by atoms with Gasteiger partial charge in [-0.25, -0.2) is 0 Å². The first-order valence-corrected chi connectivity index (χ1v) is 9.46. The fraction of sp³-hybridized carbons (Fsp3) is 0.632. The zero-order valence-electron chi connectivity index (χ0n) is 15.2. The molecule has 3 saturated heterocycles. The van der Waals surface area contributed by atoms with Gasteiger partial charge in [0.2, 0.25) is 0 Å². The number of likely N-dealkylation sites (tertiary alicyclic amines) is 1. The molecule has 0 saturated carbocycles. The van der Waals surface area contributed by atoms with Crippen LogP contribution >= 0.6 is 35.6 Å². The molecular weight excluding hydrogens is 465 g/mol. The van der Waals surface area contributed by atoms with E-state index in [1.54, 1.807) is 7.11 Å². The van der Waals surface area contributed by atoms with E-state index in [1.807, 2.05) is 31.3 Å². The van der Waals surface area contributed by atoms with Crippen molar-refractivity contribution in [1.29, 1.82) is 0 Å². The molecule has 0 spiro atoms. The lowest BCUT2D eigenvalue weighted by Crippen LogP contribution is -2.43. The van der Waals surface area contributed by atoms with Crippen molar-refractivity contribution >= 4 is 41.5 Å². The van der Waals surface area contributed by atoms with Crippen LogP contribution in [0.1, 0.15) is 24.5 Å². The maximum absolute atomic E-state index is 6.11. The minimum atomic E-state index is -0.0583. The summed E-state index contributed by atoms with van der Waals surface area (Å²) in [6, 6.07) is 7.83. The number of hydrogen-bond acceptors (Lipinski definition) is 3. The van der Waals surface area contributed by atoms with E-state index in [2.05, 4.69) is 15.2 Å². The van der Waals surface area contributed by atoms with Gasteiger partial charge in [0, 0.05) is 50.7 Å². The van der Waals surface area contributed by atoms with Gasteiger partial charge in [0.1, 0.15) is 0 Å². The largest absolute Gasteiger partial charge is 0.375 e. The summed E-state index contributed by atoms with van der Waals surface area (Å²) >= 11 is 6.11. The zero-order chi connectivity index (χ0) is 17.4. The smallest absolute Gasteiger partial charge is 0.193 e. The molecule has 0 aliphatic carbocycles. The molecule has 0 aromatic heterocycles. The second-order valence-corrected chi connectivity index (χ2v) is 7.67. The van der Waals surface area contributed by atoms with E-state index < -0.39 is 0 Å². The third kappa shape index (κ3) is 3.84. The fourth-order valence-electron chi connectivity index (χ4n) is 4.69. The third-order valence-corrected chi connectivity index (χ3v) is 6.15. The van der Waals surface area contributed by atoms with E-state index in [0.29, 0.717) is 30.6 Å². The maximum atomic E-state index is 6.11. The molecule has 0 radical (unpaired) electrons. The molecule has 2 bridgehead atoms. The van der Waals surface area contributed by atoms with Crippen LogP contribution in [0, 0.1) is 11.8 Å². The summed E-state index contributed by atoms with van der Waals surface area (Å²) in [7, 11) is 3.58. The average Bonchev–Trinajstić information content (AvgIpc) is 3.31. The molecule has 5 atom stereocenters. The molecule has 1 aromatic carbocycles. The zero-order valence-corrected chi connectivity index (χ0v) is 18.3. The highest BCUT2D eigenvalue weighted by Crippen LogP contribution is 2.47. The molecule has 4 rings (SSSR count). The summed E-state index contributed by atoms with van der Waals surface area (Å²) in [6.07, 6.45) is 3.34. The number of halogens is 2. The van der Waals surface area contributed by atoms with Crippen molar-refractivity contribution < 1.29 is 9.47 Å². The molecule has 3 aliphatic heterocycles. The first-order chi connectivity index (χ1) is 12.2. The van der Waals surface area contributed by atoms with Gasteiger partial charge >= 0.3 is 0 Å². The number of ether oxygens (including phenoxy) is 2. The van der Waals surface area contributed by atoms with Crippen molar-refractivity contribution in [1.82, 2.24) is 10.2 Å². The molecule has 144 valence electrons. The Balaban J connectivity index is 0.00000196. The van der Waals surface area contributed by atoms with Crippen LogP contribution in [0.3, 0.4) is 0 Å². The van der Waals surface area contributed by atoms with E-state index in [-0.39, 0.29) is 30.1 Å². The summed E-state index contributed by atoms with van der Waals surface area (Å²) in [4.78, 5) is 6.88. The Hall–Kier alpha value is -0.570. The van der Waals surface area contributed by atoms with E-state index in [9.17, 15) is 0 Å². The van der Waals surface area contributed by atoms with Gasteiger partial charge in [0.25, 0.3) is 0 Å². The number of aliphatic imine (C=N–C) groups is 1. The van der Waals surface area contributed by atoms with Crippen molar-refractivity contribution in [2.24, 2.45) is 16.8 Å². The topological polar surface area (TPSA) is 46.1 Å². The van der Waals surface area contributed by atoms with Crippen LogP contribution in [-0.2, 0) is 9.47 Å². The molecule has 0 amide bonds. The maximum Gasteiger partial charge on any atom is 0.193 e. The van der Waals surface area contributed by atoms with E-state index >= 15 is 0 Å². The van der Waals surface area contributed by atoms with Gasteiger partial charge in [0.15, 0.2) is 5.96 Å². The lowest BCUT2D eigenvalue weighted by atomic mass is 9.82. The lowest BCUT2D eigenvalue weighted by Gasteiger charge is -2.25. The Morgan fingerprint density at radius 3 is 2.62 bits per heavy atom. The number of fused-ring (bicyclic) bond motifs is 5. The summed E-state index contributed by atoms with van der Waals surface area (Å²) < 4.78 is 11.7. The van der Waals surface area contributed by atoms with Gasteiger partial charge in [0.05, 0.1) is 18.3 Å². The fourth-order valence-corrected chi connectivity index (χ4v) is 4.89. The molecule has 26 heavy (non-hydrogen) atoms. The highest BCUT2D eigenvalue weighted by molar-refractivity contribution is 14.0. The highest BCUT2D eigenvalue weighted by Gasteiger charge is 2.53. The molecule has 3 aliphatic rings. The molecular formula is C19H27ClIN3O2. The van der Waals surface area contributed by atoms with Crippen LogP contribution in [0.15, 0.2) is 29.3 Å². The van der Waals surface area contributed by atoms with Crippen LogP contribution in [0.5, 0.6) is 0 Å². The number of nitrogens with zero attached hydrogens (tertiary/aromatic N) is 2. The predicted molar refractivity (Wildman–Crippen MR) is 114 cm³/mol. The molecule has 1 aromatic rings. The Morgan fingerprint density at radius 2 is 2.04 bits per heavy atom. The molecule has 3 fully saturated rings. The average molecular weight is 492 g/mol. The van der Waals surface area contributed by atoms with Crippen molar-refractivity contribution in [2.75, 3.05) is 33.8 Å². The third-order valence-electron chi connectivity index (χ3n) is 5.91. The van der Waals surface area contributed by atoms with Crippen LogP contribution in [0.4, 0.5) is 0 Å². The summed E-state index contributed by atoms with van der Waals surface area (Å²) in [5.41, 5.74) is 1.07. The minimum Gasteiger partial charge on any atom is -0.375 e. The highest BCUT2D eigenvalue weighted by atomic mass is 127. The van der Waals surface area contributed by atoms with Crippen molar-refractivity contribution in [3.05, 3.63) is 34.9 Å². The normalized spacial score (nSPS) is 30.9. The van der Waals surface area contributed by atoms with Crippen molar-refractivity contribution in [3.8, 4) is 0 Å². The predicted octanol–water partition coefficient (Wildman–Crippen LogP) is 3.33. The van der Waals surface area contributed by atoms with Gasteiger partial charge in [-0.05, 0) is 30.5 Å². The lowest BCUT2D eigenvalue weighted by molar-refractivity contribution is 0.0763. The standard InChI is InChI=1S/C19H26ClN3O2.HI/c1-21-19(22-9-18(24-2)12-4-3-5-13(20)8-12)23-10-14-15(11-23)17-7-6-16(14)25-17;/h3-5,8,14-18H,6-7,9-11H2,1-2H3,(H,21,22);1H. The molecule has 1 N–H and O–H groups in total. The second kappa shape index (κ2) is 8.63. The molecule has 3 heterocycles. The summed E-state index contributed by atoms with van der Waals surface area (Å²) in [5.74, 6) is 2.30.